The fourth-order valence-corrected chi connectivity index (χ4v) is 2.46. The van der Waals surface area contributed by atoms with Gasteiger partial charge in [0, 0.05) is 31.5 Å². The molecule has 0 bridgehead atoms. The van der Waals surface area contributed by atoms with Gasteiger partial charge in [0.2, 0.25) is 0 Å². The van der Waals surface area contributed by atoms with Crippen LogP contribution in [-0.4, -0.2) is 36.6 Å². The number of nitrogens with two attached hydrogens (primary N) is 1. The molecular weight excluding hydrogens is 278 g/mol. The minimum atomic E-state index is -1.07. The number of hydrogen-bond donors (Lipinski definition) is 1. The molecule has 2 N–H and O–H groups in total. The second-order valence-corrected chi connectivity index (χ2v) is 5.24. The molecule has 1 aliphatic rings. The number of likely N-dealkylation sites (tertiary alicyclic amines) is 1. The summed E-state index contributed by atoms with van der Waals surface area (Å²) in [5, 5.41) is 0. The molecule has 2 rings (SSSR count). The van der Waals surface area contributed by atoms with Crippen molar-refractivity contribution < 1.29 is 18.3 Å². The van der Waals surface area contributed by atoms with E-state index in [2.05, 4.69) is 0 Å². The number of amides is 1. The van der Waals surface area contributed by atoms with E-state index in [9.17, 15) is 13.6 Å². The van der Waals surface area contributed by atoms with Gasteiger partial charge in [-0.15, -0.1) is 0 Å². The van der Waals surface area contributed by atoms with Crippen LogP contribution in [0, 0.1) is 11.6 Å². The Morgan fingerprint density at radius 1 is 1.43 bits per heavy atom. The highest BCUT2D eigenvalue weighted by atomic mass is 19.2. The van der Waals surface area contributed by atoms with Crippen LogP contribution in [0.25, 0.3) is 0 Å². The Hall–Kier alpha value is -1.69. The molecule has 1 atom stereocenters. The molecule has 6 heteroatoms. The average Bonchev–Trinajstić information content (AvgIpc) is 2.48. The van der Waals surface area contributed by atoms with Crippen molar-refractivity contribution in [2.45, 2.75) is 32.3 Å². The second kappa shape index (κ2) is 6.85. The predicted molar refractivity (Wildman–Crippen MR) is 75.9 cm³/mol. The third-order valence-electron chi connectivity index (χ3n) is 3.55. The molecule has 0 spiro atoms. The molecule has 0 saturated carbocycles. The van der Waals surface area contributed by atoms with Gasteiger partial charge in [0.15, 0.2) is 11.6 Å². The number of nitrogen functional groups attached to an aromatic ring is 1. The van der Waals surface area contributed by atoms with Gasteiger partial charge in [0.25, 0.3) is 5.91 Å². The van der Waals surface area contributed by atoms with E-state index in [4.69, 9.17) is 10.5 Å². The van der Waals surface area contributed by atoms with Gasteiger partial charge in [0.1, 0.15) is 0 Å². The largest absolute Gasteiger partial charge is 0.398 e. The molecule has 1 heterocycles. The van der Waals surface area contributed by atoms with E-state index in [1.54, 1.807) is 4.90 Å². The minimum absolute atomic E-state index is 0.00467. The first-order chi connectivity index (χ1) is 10.0. The number of carbonyl (C=O) groups excluding carboxylic acids is 1. The average molecular weight is 298 g/mol. The highest BCUT2D eigenvalue weighted by molar-refractivity contribution is 5.99. The summed E-state index contributed by atoms with van der Waals surface area (Å²) in [6, 6.07) is 1.71. The first-order valence-electron chi connectivity index (χ1n) is 7.18. The van der Waals surface area contributed by atoms with Crippen LogP contribution in [0.3, 0.4) is 0 Å². The van der Waals surface area contributed by atoms with E-state index in [-0.39, 0.29) is 23.3 Å². The van der Waals surface area contributed by atoms with Crippen LogP contribution in [0.4, 0.5) is 14.5 Å². The Morgan fingerprint density at radius 3 is 2.86 bits per heavy atom. The van der Waals surface area contributed by atoms with Crippen LogP contribution < -0.4 is 5.73 Å². The van der Waals surface area contributed by atoms with Crippen molar-refractivity contribution in [3.8, 4) is 0 Å². The lowest BCUT2D eigenvalue weighted by Gasteiger charge is -2.33. The molecular formula is C15H20F2N2O2. The van der Waals surface area contributed by atoms with E-state index in [0.717, 1.165) is 31.4 Å². The van der Waals surface area contributed by atoms with Crippen LogP contribution >= 0.6 is 0 Å². The molecule has 21 heavy (non-hydrogen) atoms. The second-order valence-electron chi connectivity index (χ2n) is 5.24. The van der Waals surface area contributed by atoms with E-state index < -0.39 is 11.6 Å². The van der Waals surface area contributed by atoms with E-state index >= 15 is 0 Å². The van der Waals surface area contributed by atoms with E-state index in [1.807, 2.05) is 6.92 Å². The maximum absolute atomic E-state index is 13.3. The fourth-order valence-electron chi connectivity index (χ4n) is 2.46. The van der Waals surface area contributed by atoms with Crippen LogP contribution in [0.5, 0.6) is 0 Å². The maximum atomic E-state index is 13.3. The molecule has 1 saturated heterocycles. The summed E-state index contributed by atoms with van der Waals surface area (Å²) in [4.78, 5) is 14.0. The van der Waals surface area contributed by atoms with Gasteiger partial charge >= 0.3 is 0 Å². The van der Waals surface area contributed by atoms with Crippen LogP contribution in [0.15, 0.2) is 12.1 Å². The van der Waals surface area contributed by atoms with Crippen molar-refractivity contribution in [1.82, 2.24) is 4.90 Å². The summed E-state index contributed by atoms with van der Waals surface area (Å²) >= 11 is 0. The van der Waals surface area contributed by atoms with Crippen LogP contribution in [0.2, 0.25) is 0 Å². The Labute approximate surface area is 122 Å². The van der Waals surface area contributed by atoms with Crippen LogP contribution in [0.1, 0.15) is 36.5 Å². The summed E-state index contributed by atoms with van der Waals surface area (Å²) < 4.78 is 32.0. The normalized spacial score (nSPS) is 18.8. The molecule has 116 valence electrons. The van der Waals surface area contributed by atoms with Gasteiger partial charge in [-0.2, -0.15) is 0 Å². The third kappa shape index (κ3) is 3.69. The number of piperidine rings is 1. The monoisotopic (exact) mass is 298 g/mol. The minimum Gasteiger partial charge on any atom is -0.398 e. The molecule has 0 aromatic heterocycles. The quantitative estimate of drug-likeness (QED) is 0.869. The Kier molecular flexibility index (Phi) is 5.12. The molecule has 1 aromatic carbocycles. The summed E-state index contributed by atoms with van der Waals surface area (Å²) in [5.41, 5.74) is 5.59. The predicted octanol–water partition coefficient (Wildman–Crippen LogP) is 2.58. The van der Waals surface area contributed by atoms with Crippen molar-refractivity contribution >= 4 is 11.6 Å². The van der Waals surface area contributed by atoms with E-state index in [1.165, 1.54) is 0 Å². The standard InChI is InChI=1S/C15H20F2N2O2/c1-2-6-21-10-4-3-5-19(9-10)15(20)11-7-12(16)13(17)8-14(11)18/h7-8,10H,2-6,9,18H2,1H3. The lowest BCUT2D eigenvalue weighted by molar-refractivity contribution is 0.00213. The molecule has 0 aliphatic carbocycles. The number of halogens is 2. The van der Waals surface area contributed by atoms with Gasteiger partial charge in [-0.25, -0.2) is 8.78 Å². The Balaban J connectivity index is 2.10. The van der Waals surface area contributed by atoms with Crippen molar-refractivity contribution in [3.05, 3.63) is 29.3 Å². The lowest BCUT2D eigenvalue weighted by atomic mass is 10.1. The number of rotatable bonds is 4. The molecule has 4 nitrogen and oxygen atoms in total. The summed E-state index contributed by atoms with van der Waals surface area (Å²) in [6.07, 6.45) is 2.63. The molecule has 1 amide bonds. The SMILES string of the molecule is CCCOC1CCCN(C(=O)c2cc(F)c(F)cc2N)C1. The summed E-state index contributed by atoms with van der Waals surface area (Å²) in [7, 11) is 0. The number of nitrogens with zero attached hydrogens (tertiary/aromatic N) is 1. The first kappa shape index (κ1) is 15.7. The lowest BCUT2D eigenvalue weighted by Crippen LogP contribution is -2.43. The number of carbonyl (C=O) groups is 1. The fraction of sp³-hybridized carbons (Fsp3) is 0.533. The smallest absolute Gasteiger partial charge is 0.256 e. The van der Waals surface area contributed by atoms with E-state index in [0.29, 0.717) is 19.7 Å². The van der Waals surface area contributed by atoms with Crippen molar-refractivity contribution in [2.24, 2.45) is 0 Å². The zero-order valence-electron chi connectivity index (χ0n) is 12.1. The summed E-state index contributed by atoms with van der Waals surface area (Å²) in [5.74, 6) is -2.49. The zero-order valence-corrected chi connectivity index (χ0v) is 12.1. The molecule has 0 radical (unpaired) electrons. The Morgan fingerprint density at radius 2 is 2.14 bits per heavy atom. The summed E-state index contributed by atoms with van der Waals surface area (Å²) in [6.45, 7) is 3.70. The third-order valence-corrected chi connectivity index (χ3v) is 3.55. The highest BCUT2D eigenvalue weighted by Gasteiger charge is 2.26. The van der Waals surface area contributed by atoms with Gasteiger partial charge in [-0.05, 0) is 25.3 Å². The van der Waals surface area contributed by atoms with Crippen molar-refractivity contribution in [2.75, 3.05) is 25.4 Å². The van der Waals surface area contributed by atoms with Crippen molar-refractivity contribution in [3.63, 3.8) is 0 Å². The van der Waals surface area contributed by atoms with Gasteiger partial charge < -0.3 is 15.4 Å². The van der Waals surface area contributed by atoms with Crippen molar-refractivity contribution in [1.29, 1.82) is 0 Å². The van der Waals surface area contributed by atoms with Gasteiger partial charge in [-0.1, -0.05) is 6.92 Å². The topological polar surface area (TPSA) is 55.6 Å². The highest BCUT2D eigenvalue weighted by Crippen LogP contribution is 2.22. The molecule has 1 unspecified atom stereocenters. The number of hydrogen-bond acceptors (Lipinski definition) is 3. The maximum Gasteiger partial charge on any atom is 0.256 e. The zero-order chi connectivity index (χ0) is 15.4. The van der Waals surface area contributed by atoms with Gasteiger partial charge in [-0.3, -0.25) is 4.79 Å². The molecule has 1 aliphatic heterocycles. The molecule has 1 aromatic rings. The number of anilines is 1. The van der Waals surface area contributed by atoms with Gasteiger partial charge in [0.05, 0.1) is 11.7 Å². The number of ether oxygens (including phenoxy) is 1. The van der Waals surface area contributed by atoms with Crippen LogP contribution in [-0.2, 0) is 4.74 Å². The molecule has 1 fully saturated rings. The Bertz CT molecular complexity index is 523. The first-order valence-corrected chi connectivity index (χ1v) is 7.18. The number of benzene rings is 1.